The molecule has 1 aliphatic heterocycles. The first-order valence-corrected chi connectivity index (χ1v) is 5.79. The molecule has 3 amide bonds. The number of urea groups is 1. The van der Waals surface area contributed by atoms with Gasteiger partial charge in [0.2, 0.25) is 0 Å². The Labute approximate surface area is 100 Å². The second kappa shape index (κ2) is 5.25. The number of hydrogen-bond donors (Lipinski definition) is 2. The van der Waals surface area contributed by atoms with Gasteiger partial charge in [0.15, 0.2) is 0 Å². The molecule has 0 aromatic carbocycles. The Kier molecular flexibility index (Phi) is 4.23. The number of imide groups is 1. The van der Waals surface area contributed by atoms with Gasteiger partial charge in [-0.05, 0) is 6.42 Å². The summed E-state index contributed by atoms with van der Waals surface area (Å²) >= 11 is 4.82. The zero-order chi connectivity index (χ0) is 12.3. The van der Waals surface area contributed by atoms with Gasteiger partial charge in [0, 0.05) is 12.5 Å². The van der Waals surface area contributed by atoms with Crippen molar-refractivity contribution in [2.75, 3.05) is 6.54 Å². The summed E-state index contributed by atoms with van der Waals surface area (Å²) in [5.41, 5.74) is 5.46. The van der Waals surface area contributed by atoms with Crippen LogP contribution in [-0.4, -0.2) is 34.4 Å². The Hall–Kier alpha value is -1.17. The first-order chi connectivity index (χ1) is 7.47. The lowest BCUT2D eigenvalue weighted by Gasteiger charge is -2.17. The lowest BCUT2D eigenvalue weighted by atomic mass is 10.1. The Morgan fingerprint density at radius 1 is 1.62 bits per heavy atom. The van der Waals surface area contributed by atoms with Crippen LogP contribution >= 0.6 is 12.2 Å². The molecule has 1 fully saturated rings. The van der Waals surface area contributed by atoms with Crippen molar-refractivity contribution >= 4 is 29.1 Å². The van der Waals surface area contributed by atoms with Crippen molar-refractivity contribution in [3.63, 3.8) is 0 Å². The molecule has 1 heterocycles. The molecule has 0 saturated carbocycles. The topological polar surface area (TPSA) is 75.4 Å². The Balaban J connectivity index is 2.64. The highest BCUT2D eigenvalue weighted by Crippen LogP contribution is 2.13. The molecule has 2 atom stereocenters. The van der Waals surface area contributed by atoms with Crippen LogP contribution in [0.25, 0.3) is 0 Å². The average molecular weight is 243 g/mol. The highest BCUT2D eigenvalue weighted by molar-refractivity contribution is 7.80. The molecule has 0 aromatic heterocycles. The van der Waals surface area contributed by atoms with Crippen LogP contribution in [-0.2, 0) is 4.79 Å². The minimum absolute atomic E-state index is 0.148. The number of thiocarbonyl (C=S) groups is 1. The summed E-state index contributed by atoms with van der Waals surface area (Å²) in [6.07, 6.45) is 1.53. The molecular formula is C10H17N3O2S. The molecule has 1 rings (SSSR count). The van der Waals surface area contributed by atoms with Crippen LogP contribution in [0.4, 0.5) is 4.79 Å². The largest absolute Gasteiger partial charge is 0.393 e. The normalized spacial score (nSPS) is 22.1. The van der Waals surface area contributed by atoms with Gasteiger partial charge in [-0.15, -0.1) is 0 Å². The molecule has 16 heavy (non-hydrogen) atoms. The highest BCUT2D eigenvalue weighted by atomic mass is 32.1. The molecule has 0 bridgehead atoms. The van der Waals surface area contributed by atoms with Crippen LogP contribution in [0.15, 0.2) is 0 Å². The zero-order valence-corrected chi connectivity index (χ0v) is 10.3. The van der Waals surface area contributed by atoms with E-state index in [1.54, 1.807) is 6.92 Å². The lowest BCUT2D eigenvalue weighted by Crippen LogP contribution is -2.38. The standard InChI is InChI=1S/C10H17N3O2S/c1-3-4-7-9(14)13(10(15)12-7)5-6(2)8(11)16/h6-7H,3-5H2,1-2H3,(H2,11,16)(H,12,15). The Morgan fingerprint density at radius 2 is 2.25 bits per heavy atom. The maximum atomic E-state index is 11.8. The first kappa shape index (κ1) is 12.9. The number of amides is 3. The first-order valence-electron chi connectivity index (χ1n) is 5.38. The molecule has 6 heteroatoms. The second-order valence-corrected chi connectivity index (χ2v) is 4.51. The van der Waals surface area contributed by atoms with Crippen LogP contribution in [0.5, 0.6) is 0 Å². The summed E-state index contributed by atoms with van der Waals surface area (Å²) in [4.78, 5) is 24.9. The lowest BCUT2D eigenvalue weighted by molar-refractivity contribution is -0.127. The molecule has 0 radical (unpaired) electrons. The smallest absolute Gasteiger partial charge is 0.324 e. The van der Waals surface area contributed by atoms with Crippen molar-refractivity contribution in [1.82, 2.24) is 10.2 Å². The Bertz CT molecular complexity index is 319. The Morgan fingerprint density at radius 3 is 2.75 bits per heavy atom. The third kappa shape index (κ3) is 2.69. The summed E-state index contributed by atoms with van der Waals surface area (Å²) in [6.45, 7) is 4.04. The van der Waals surface area contributed by atoms with Crippen molar-refractivity contribution in [3.05, 3.63) is 0 Å². The number of carbonyl (C=O) groups is 2. The number of hydrogen-bond acceptors (Lipinski definition) is 3. The van der Waals surface area contributed by atoms with E-state index in [0.29, 0.717) is 11.4 Å². The van der Waals surface area contributed by atoms with E-state index in [4.69, 9.17) is 18.0 Å². The van der Waals surface area contributed by atoms with Gasteiger partial charge in [0.05, 0.1) is 4.99 Å². The fraction of sp³-hybridized carbons (Fsp3) is 0.700. The SMILES string of the molecule is CCCC1NC(=O)N(CC(C)C(N)=S)C1=O. The molecule has 0 aromatic rings. The molecule has 5 nitrogen and oxygen atoms in total. The monoisotopic (exact) mass is 243 g/mol. The maximum absolute atomic E-state index is 11.8. The van der Waals surface area contributed by atoms with Gasteiger partial charge in [-0.2, -0.15) is 0 Å². The van der Waals surface area contributed by atoms with Crippen molar-refractivity contribution in [3.8, 4) is 0 Å². The van der Waals surface area contributed by atoms with E-state index >= 15 is 0 Å². The van der Waals surface area contributed by atoms with E-state index in [9.17, 15) is 9.59 Å². The maximum Gasteiger partial charge on any atom is 0.324 e. The molecule has 1 aliphatic rings. The molecule has 90 valence electrons. The third-order valence-electron chi connectivity index (χ3n) is 2.63. The van der Waals surface area contributed by atoms with Gasteiger partial charge in [-0.1, -0.05) is 32.5 Å². The van der Waals surface area contributed by atoms with Gasteiger partial charge in [0.1, 0.15) is 6.04 Å². The fourth-order valence-corrected chi connectivity index (χ4v) is 1.67. The van der Waals surface area contributed by atoms with Gasteiger partial charge >= 0.3 is 6.03 Å². The zero-order valence-electron chi connectivity index (χ0n) is 9.53. The number of rotatable bonds is 5. The third-order valence-corrected chi connectivity index (χ3v) is 3.03. The summed E-state index contributed by atoms with van der Waals surface area (Å²) in [5, 5.41) is 2.65. The van der Waals surface area contributed by atoms with E-state index in [0.717, 1.165) is 6.42 Å². The second-order valence-electron chi connectivity index (χ2n) is 4.04. The van der Waals surface area contributed by atoms with E-state index in [1.165, 1.54) is 4.90 Å². The summed E-state index contributed by atoms with van der Waals surface area (Å²) in [5.74, 6) is -0.319. The number of carbonyl (C=O) groups excluding carboxylic acids is 2. The summed E-state index contributed by atoms with van der Waals surface area (Å²) < 4.78 is 0. The number of nitrogens with one attached hydrogen (secondary N) is 1. The van der Waals surface area contributed by atoms with E-state index < -0.39 is 0 Å². The van der Waals surface area contributed by atoms with E-state index in [2.05, 4.69) is 5.32 Å². The molecule has 0 aliphatic carbocycles. The number of nitrogens with two attached hydrogens (primary N) is 1. The van der Waals surface area contributed by atoms with Crippen molar-refractivity contribution < 1.29 is 9.59 Å². The van der Waals surface area contributed by atoms with Crippen molar-refractivity contribution in [2.45, 2.75) is 32.7 Å². The van der Waals surface area contributed by atoms with Crippen molar-refractivity contribution in [2.24, 2.45) is 11.7 Å². The van der Waals surface area contributed by atoms with Crippen LogP contribution in [0.2, 0.25) is 0 Å². The van der Waals surface area contributed by atoms with Crippen LogP contribution in [0, 0.1) is 5.92 Å². The number of nitrogens with zero attached hydrogens (tertiary/aromatic N) is 1. The quantitative estimate of drug-likeness (QED) is 0.548. The average Bonchev–Trinajstić information content (AvgIpc) is 2.46. The fourth-order valence-electron chi connectivity index (χ4n) is 1.60. The molecule has 1 saturated heterocycles. The van der Waals surface area contributed by atoms with Gasteiger partial charge in [-0.3, -0.25) is 9.69 Å². The minimum atomic E-state index is -0.379. The van der Waals surface area contributed by atoms with Crippen LogP contribution in [0.1, 0.15) is 26.7 Å². The predicted octanol–water partition coefficient (Wildman–Crippen LogP) is 0.629. The summed E-state index contributed by atoms with van der Waals surface area (Å²) in [7, 11) is 0. The molecule has 3 N–H and O–H groups in total. The summed E-state index contributed by atoms with van der Waals surface area (Å²) in [6, 6.07) is -0.720. The van der Waals surface area contributed by atoms with Gasteiger partial charge in [0.25, 0.3) is 5.91 Å². The van der Waals surface area contributed by atoms with E-state index in [-0.39, 0.29) is 30.4 Å². The van der Waals surface area contributed by atoms with Gasteiger partial charge in [-0.25, -0.2) is 4.79 Å². The van der Waals surface area contributed by atoms with Gasteiger partial charge < -0.3 is 11.1 Å². The predicted molar refractivity (Wildman–Crippen MR) is 64.9 cm³/mol. The molecule has 0 spiro atoms. The van der Waals surface area contributed by atoms with E-state index in [1.807, 2.05) is 6.92 Å². The van der Waals surface area contributed by atoms with Crippen LogP contribution < -0.4 is 11.1 Å². The minimum Gasteiger partial charge on any atom is -0.393 e. The highest BCUT2D eigenvalue weighted by Gasteiger charge is 2.37. The molecular weight excluding hydrogens is 226 g/mol. The van der Waals surface area contributed by atoms with Crippen molar-refractivity contribution in [1.29, 1.82) is 0 Å². The van der Waals surface area contributed by atoms with Crippen LogP contribution in [0.3, 0.4) is 0 Å². The molecule has 2 unspecified atom stereocenters.